The minimum atomic E-state index is -0.733. The molecule has 0 aliphatic rings. The highest BCUT2D eigenvalue weighted by Gasteiger charge is 2.18. The molecule has 0 unspecified atom stereocenters. The van der Waals surface area contributed by atoms with Crippen LogP contribution in [-0.4, -0.2) is 48.5 Å². The molecule has 25 heavy (non-hydrogen) atoms. The molecule has 10 heteroatoms. The first kappa shape index (κ1) is 22.9. The molecular weight excluding hydrogens is 350 g/mol. The first-order valence-electron chi connectivity index (χ1n) is 7.43. The van der Waals surface area contributed by atoms with Gasteiger partial charge in [0.2, 0.25) is 0 Å². The van der Waals surface area contributed by atoms with E-state index >= 15 is 0 Å². The van der Waals surface area contributed by atoms with Crippen molar-refractivity contribution in [3.05, 3.63) is 11.8 Å². The average Bonchev–Trinajstić information content (AvgIpc) is 2.49. The van der Waals surface area contributed by atoms with Gasteiger partial charge in [-0.05, 0) is 34.0 Å². The van der Waals surface area contributed by atoms with Gasteiger partial charge in [-0.3, -0.25) is 15.1 Å². The molecule has 0 aliphatic carbocycles. The first-order chi connectivity index (χ1) is 11.6. The number of amides is 1. The van der Waals surface area contributed by atoms with Crippen LogP contribution in [0.1, 0.15) is 34.1 Å². The van der Waals surface area contributed by atoms with Crippen LogP contribution in [0.15, 0.2) is 16.9 Å². The summed E-state index contributed by atoms with van der Waals surface area (Å²) >= 11 is 1.17. The minimum Gasteiger partial charge on any atom is -0.463 e. The Labute approximate surface area is 151 Å². The van der Waals surface area contributed by atoms with Crippen molar-refractivity contribution >= 4 is 34.7 Å². The van der Waals surface area contributed by atoms with E-state index in [0.717, 1.165) is 6.08 Å². The van der Waals surface area contributed by atoms with Gasteiger partial charge in [-0.25, -0.2) is 15.0 Å². The molecule has 142 valence electrons. The Morgan fingerprint density at radius 1 is 1.24 bits per heavy atom. The monoisotopic (exact) mass is 375 g/mol. The van der Waals surface area contributed by atoms with Crippen LogP contribution in [0.3, 0.4) is 0 Å². The SMILES string of the molecule is CCOC(=O)C=C(NOC)C(=O)CC(=NNC(=O)OC(C)(C)C)SC. The number of hydrogen-bond donors (Lipinski definition) is 2. The molecule has 0 rings (SSSR count). The molecule has 0 atom stereocenters. The first-order valence-corrected chi connectivity index (χ1v) is 8.65. The predicted molar refractivity (Wildman–Crippen MR) is 94.8 cm³/mol. The van der Waals surface area contributed by atoms with Crippen molar-refractivity contribution in [3.63, 3.8) is 0 Å². The molecule has 1 amide bonds. The smallest absolute Gasteiger partial charge is 0.428 e. The van der Waals surface area contributed by atoms with Crippen LogP contribution in [-0.2, 0) is 23.9 Å². The normalized spacial score (nSPS) is 12.4. The van der Waals surface area contributed by atoms with Crippen molar-refractivity contribution in [1.29, 1.82) is 0 Å². The minimum absolute atomic E-state index is 0.0834. The Morgan fingerprint density at radius 2 is 1.88 bits per heavy atom. The third-order valence-corrected chi connectivity index (χ3v) is 2.99. The summed E-state index contributed by atoms with van der Waals surface area (Å²) in [5.41, 5.74) is 3.81. The molecule has 0 aliphatic heterocycles. The van der Waals surface area contributed by atoms with Crippen LogP contribution >= 0.6 is 11.8 Å². The largest absolute Gasteiger partial charge is 0.463 e. The zero-order valence-corrected chi connectivity index (χ0v) is 16.1. The lowest BCUT2D eigenvalue weighted by Crippen LogP contribution is -2.30. The van der Waals surface area contributed by atoms with Gasteiger partial charge in [-0.15, -0.1) is 11.8 Å². The van der Waals surface area contributed by atoms with Crippen molar-refractivity contribution in [1.82, 2.24) is 10.9 Å². The van der Waals surface area contributed by atoms with Gasteiger partial charge in [-0.1, -0.05) is 0 Å². The third-order valence-electron chi connectivity index (χ3n) is 2.28. The van der Waals surface area contributed by atoms with Gasteiger partial charge in [0.1, 0.15) is 16.3 Å². The van der Waals surface area contributed by atoms with Crippen molar-refractivity contribution in [2.45, 2.75) is 39.7 Å². The number of rotatable bonds is 8. The van der Waals surface area contributed by atoms with Gasteiger partial charge in [0, 0.05) is 0 Å². The zero-order valence-electron chi connectivity index (χ0n) is 15.3. The number of hydrogen-bond acceptors (Lipinski definition) is 9. The number of allylic oxidation sites excluding steroid dienone is 1. The van der Waals surface area contributed by atoms with Crippen molar-refractivity contribution in [2.75, 3.05) is 20.0 Å². The maximum absolute atomic E-state index is 12.3. The van der Waals surface area contributed by atoms with Gasteiger partial charge in [0.25, 0.3) is 0 Å². The molecule has 2 N–H and O–H groups in total. The number of hydrazone groups is 1. The summed E-state index contributed by atoms with van der Waals surface area (Å²) in [7, 11) is 1.31. The van der Waals surface area contributed by atoms with Crippen LogP contribution in [0.2, 0.25) is 0 Å². The van der Waals surface area contributed by atoms with Gasteiger partial charge in [-0.2, -0.15) is 5.10 Å². The maximum atomic E-state index is 12.3. The molecule has 0 aromatic rings. The van der Waals surface area contributed by atoms with Crippen molar-refractivity contribution in [2.24, 2.45) is 5.10 Å². The number of thioether (sulfide) groups is 1. The number of carbonyl (C=O) groups is 3. The third kappa shape index (κ3) is 11.2. The molecule has 0 saturated heterocycles. The van der Waals surface area contributed by atoms with Crippen LogP contribution in [0.5, 0.6) is 0 Å². The summed E-state index contributed by atoms with van der Waals surface area (Å²) in [6, 6.07) is 0. The van der Waals surface area contributed by atoms with Gasteiger partial charge in [0.15, 0.2) is 5.78 Å². The van der Waals surface area contributed by atoms with Crippen molar-refractivity contribution in [3.8, 4) is 0 Å². The summed E-state index contributed by atoms with van der Waals surface area (Å²) in [6.07, 6.45) is 1.80. The summed E-state index contributed by atoms with van der Waals surface area (Å²) in [5, 5.41) is 4.17. The highest BCUT2D eigenvalue weighted by Crippen LogP contribution is 2.09. The predicted octanol–water partition coefficient (Wildman–Crippen LogP) is 1.74. The molecule has 9 nitrogen and oxygen atoms in total. The molecule has 0 bridgehead atoms. The summed E-state index contributed by atoms with van der Waals surface area (Å²) in [6.45, 7) is 6.99. The molecule has 0 fully saturated rings. The number of esters is 1. The molecule has 0 aromatic heterocycles. The zero-order chi connectivity index (χ0) is 19.5. The number of Topliss-reactive ketones (excluding diaryl/α,β-unsaturated/α-hetero) is 1. The fraction of sp³-hybridized carbons (Fsp3) is 0.600. The Balaban J connectivity index is 4.95. The standard InChI is InChI=1S/C15H25N3O6S/c1-7-23-13(20)8-10(18-22-5)11(19)9-12(25-6)16-17-14(21)24-15(2,3)4/h8,18H,7,9H2,1-6H3,(H,17,21). The van der Waals surface area contributed by atoms with E-state index < -0.39 is 23.4 Å². The topological polar surface area (TPSA) is 115 Å². The van der Waals surface area contributed by atoms with Gasteiger partial charge >= 0.3 is 12.1 Å². The van der Waals surface area contributed by atoms with Crippen LogP contribution in [0, 0.1) is 0 Å². The van der Waals surface area contributed by atoms with Crippen LogP contribution in [0.25, 0.3) is 0 Å². The molecule has 0 heterocycles. The van der Waals surface area contributed by atoms with E-state index in [0.29, 0.717) is 5.04 Å². The fourth-order valence-electron chi connectivity index (χ4n) is 1.38. The van der Waals surface area contributed by atoms with Gasteiger partial charge in [0.05, 0.1) is 26.2 Å². The van der Waals surface area contributed by atoms with Crippen LogP contribution < -0.4 is 10.9 Å². The highest BCUT2D eigenvalue weighted by atomic mass is 32.2. The average molecular weight is 375 g/mol. The van der Waals surface area contributed by atoms with E-state index in [1.807, 2.05) is 0 Å². The second kappa shape index (κ2) is 11.5. The van der Waals surface area contributed by atoms with E-state index in [-0.39, 0.29) is 18.7 Å². The Hall–Kier alpha value is -2.07. The van der Waals surface area contributed by atoms with Crippen LogP contribution in [0.4, 0.5) is 4.79 Å². The quantitative estimate of drug-likeness (QED) is 0.217. The number of ketones is 1. The number of hydroxylamine groups is 1. The second-order valence-corrected chi connectivity index (χ2v) is 6.42. The summed E-state index contributed by atoms with van der Waals surface area (Å²) < 4.78 is 9.80. The summed E-state index contributed by atoms with van der Waals surface area (Å²) in [4.78, 5) is 40.0. The van der Waals surface area contributed by atoms with E-state index in [9.17, 15) is 14.4 Å². The lowest BCUT2D eigenvalue weighted by Gasteiger charge is -2.18. The maximum Gasteiger partial charge on any atom is 0.428 e. The Bertz CT molecular complexity index is 540. The fourth-order valence-corrected chi connectivity index (χ4v) is 1.79. The molecule has 0 saturated carbocycles. The number of nitrogens with one attached hydrogen (secondary N) is 2. The molecular formula is C15H25N3O6S. The van der Waals surface area contributed by atoms with Crippen molar-refractivity contribution < 1.29 is 28.7 Å². The lowest BCUT2D eigenvalue weighted by atomic mass is 10.2. The Kier molecular flexibility index (Phi) is 10.5. The second-order valence-electron chi connectivity index (χ2n) is 5.54. The molecule has 0 aromatic carbocycles. The molecule has 0 radical (unpaired) electrons. The number of carbonyl (C=O) groups excluding carboxylic acids is 3. The molecule has 0 spiro atoms. The number of ether oxygens (including phenoxy) is 2. The van der Waals surface area contributed by atoms with E-state index in [1.165, 1.54) is 18.9 Å². The number of nitrogens with zero attached hydrogens (tertiary/aromatic N) is 1. The van der Waals surface area contributed by atoms with E-state index in [1.54, 1.807) is 34.0 Å². The Morgan fingerprint density at radius 3 is 2.36 bits per heavy atom. The van der Waals surface area contributed by atoms with E-state index in [2.05, 4.69) is 20.8 Å². The van der Waals surface area contributed by atoms with E-state index in [4.69, 9.17) is 9.47 Å². The lowest BCUT2D eigenvalue weighted by molar-refractivity contribution is -0.137. The summed E-state index contributed by atoms with van der Waals surface area (Å²) in [5.74, 6) is -1.14. The highest BCUT2D eigenvalue weighted by molar-refractivity contribution is 8.13. The van der Waals surface area contributed by atoms with Gasteiger partial charge < -0.3 is 9.47 Å².